The van der Waals surface area contributed by atoms with Gasteiger partial charge in [-0.1, -0.05) is 54.9 Å². The van der Waals surface area contributed by atoms with Gasteiger partial charge in [-0.05, 0) is 61.3 Å². The Kier molecular flexibility index (Phi) is 5.71. The van der Waals surface area contributed by atoms with E-state index in [9.17, 15) is 0 Å². The van der Waals surface area contributed by atoms with Gasteiger partial charge in [0.2, 0.25) is 0 Å². The van der Waals surface area contributed by atoms with E-state index in [4.69, 9.17) is 11.6 Å². The maximum absolute atomic E-state index is 5.95. The van der Waals surface area contributed by atoms with Crippen molar-refractivity contribution >= 4 is 11.6 Å². The summed E-state index contributed by atoms with van der Waals surface area (Å²) in [5, 5.41) is 4.49. The molecule has 0 bridgehead atoms. The lowest BCUT2D eigenvalue weighted by molar-refractivity contribution is 0.206. The van der Waals surface area contributed by atoms with Gasteiger partial charge in [-0.25, -0.2) is 0 Å². The van der Waals surface area contributed by atoms with Crippen molar-refractivity contribution < 1.29 is 0 Å². The van der Waals surface area contributed by atoms with Gasteiger partial charge in [-0.15, -0.1) is 0 Å². The van der Waals surface area contributed by atoms with E-state index in [1.807, 2.05) is 12.1 Å². The van der Waals surface area contributed by atoms with E-state index < -0.39 is 0 Å². The molecule has 0 amide bonds. The molecule has 0 saturated carbocycles. The Balaban J connectivity index is 1.53. The van der Waals surface area contributed by atoms with Crippen LogP contribution in [-0.4, -0.2) is 30.6 Å². The number of halogens is 1. The molecule has 1 fully saturated rings. The van der Waals surface area contributed by atoms with Crippen LogP contribution in [0, 0.1) is 0 Å². The number of nitrogens with one attached hydrogen (secondary N) is 1. The molecular weight excluding hydrogens is 304 g/mol. The lowest BCUT2D eigenvalue weighted by Crippen LogP contribution is -2.42. The molecule has 0 atom stereocenters. The van der Waals surface area contributed by atoms with Gasteiger partial charge in [0, 0.05) is 17.6 Å². The molecule has 1 N–H and O–H groups in total. The zero-order chi connectivity index (χ0) is 16.1. The van der Waals surface area contributed by atoms with Crippen LogP contribution in [-0.2, 0) is 6.54 Å². The number of nitrogens with zero attached hydrogens (tertiary/aromatic N) is 1. The summed E-state index contributed by atoms with van der Waals surface area (Å²) in [7, 11) is 0. The lowest BCUT2D eigenvalue weighted by atomic mass is 10.0. The van der Waals surface area contributed by atoms with E-state index in [0.29, 0.717) is 6.04 Å². The topological polar surface area (TPSA) is 15.3 Å². The van der Waals surface area contributed by atoms with Gasteiger partial charge in [0.1, 0.15) is 0 Å². The summed E-state index contributed by atoms with van der Waals surface area (Å²) in [4.78, 5) is 2.53. The third-order valence-corrected chi connectivity index (χ3v) is 5.01. The molecule has 0 spiro atoms. The van der Waals surface area contributed by atoms with Crippen LogP contribution in [0.1, 0.15) is 25.3 Å². The molecule has 3 rings (SSSR count). The summed E-state index contributed by atoms with van der Waals surface area (Å²) < 4.78 is 0. The summed E-state index contributed by atoms with van der Waals surface area (Å²) in [6.45, 7) is 6.83. The standard InChI is InChI=1S/C20H25ClN2/c1-2-23-13-11-20(12-14-23)22-15-16-3-5-17(6-4-16)18-7-9-19(21)10-8-18/h3-10,20,22H,2,11-15H2,1H3. The molecule has 1 aliphatic rings. The molecule has 1 saturated heterocycles. The van der Waals surface area contributed by atoms with Crippen molar-refractivity contribution in [2.75, 3.05) is 19.6 Å². The highest BCUT2D eigenvalue weighted by atomic mass is 35.5. The molecule has 1 aliphatic heterocycles. The van der Waals surface area contributed by atoms with Gasteiger partial charge in [0.25, 0.3) is 0 Å². The average Bonchev–Trinajstić information content (AvgIpc) is 2.61. The molecule has 3 heteroatoms. The van der Waals surface area contributed by atoms with Crippen LogP contribution < -0.4 is 5.32 Å². The zero-order valence-electron chi connectivity index (χ0n) is 13.8. The average molecular weight is 329 g/mol. The van der Waals surface area contributed by atoms with Gasteiger partial charge in [-0.3, -0.25) is 0 Å². The van der Waals surface area contributed by atoms with Crippen molar-refractivity contribution in [3.05, 3.63) is 59.1 Å². The minimum absolute atomic E-state index is 0.661. The Bertz CT molecular complexity index is 599. The Morgan fingerprint density at radius 2 is 1.52 bits per heavy atom. The minimum Gasteiger partial charge on any atom is -0.310 e. The maximum atomic E-state index is 5.95. The molecule has 2 nitrogen and oxygen atoms in total. The van der Waals surface area contributed by atoms with Crippen LogP contribution in [0.25, 0.3) is 11.1 Å². The first-order chi connectivity index (χ1) is 11.2. The smallest absolute Gasteiger partial charge is 0.0406 e. The summed E-state index contributed by atoms with van der Waals surface area (Å²) in [5.41, 5.74) is 3.79. The van der Waals surface area contributed by atoms with Gasteiger partial charge < -0.3 is 10.2 Å². The number of hydrogen-bond donors (Lipinski definition) is 1. The molecule has 0 aliphatic carbocycles. The zero-order valence-corrected chi connectivity index (χ0v) is 14.5. The Morgan fingerprint density at radius 3 is 2.09 bits per heavy atom. The summed E-state index contributed by atoms with van der Waals surface area (Å²) in [6, 6.07) is 17.5. The molecule has 2 aromatic rings. The van der Waals surface area contributed by atoms with Crippen LogP contribution in [0.2, 0.25) is 5.02 Å². The molecular formula is C20H25ClN2. The maximum Gasteiger partial charge on any atom is 0.0406 e. The fourth-order valence-electron chi connectivity index (χ4n) is 3.17. The van der Waals surface area contributed by atoms with E-state index >= 15 is 0 Å². The van der Waals surface area contributed by atoms with Crippen molar-refractivity contribution in [3.8, 4) is 11.1 Å². The predicted octanol–water partition coefficient (Wildman–Crippen LogP) is 4.58. The van der Waals surface area contributed by atoms with Crippen molar-refractivity contribution in [1.82, 2.24) is 10.2 Å². The molecule has 0 aromatic heterocycles. The third kappa shape index (κ3) is 4.57. The second-order valence-corrected chi connectivity index (χ2v) is 6.73. The summed E-state index contributed by atoms with van der Waals surface area (Å²) in [6.07, 6.45) is 2.52. The predicted molar refractivity (Wildman–Crippen MR) is 98.9 cm³/mol. The van der Waals surface area contributed by atoms with Crippen molar-refractivity contribution in [2.45, 2.75) is 32.4 Å². The molecule has 122 valence electrons. The second kappa shape index (κ2) is 7.96. The second-order valence-electron chi connectivity index (χ2n) is 6.29. The van der Waals surface area contributed by atoms with Crippen LogP contribution in [0.4, 0.5) is 0 Å². The molecule has 0 unspecified atom stereocenters. The number of likely N-dealkylation sites (tertiary alicyclic amines) is 1. The van der Waals surface area contributed by atoms with E-state index in [2.05, 4.69) is 53.5 Å². The highest BCUT2D eigenvalue weighted by Crippen LogP contribution is 2.22. The Morgan fingerprint density at radius 1 is 0.957 bits per heavy atom. The number of hydrogen-bond acceptors (Lipinski definition) is 2. The minimum atomic E-state index is 0.661. The van der Waals surface area contributed by atoms with Crippen LogP contribution >= 0.6 is 11.6 Å². The molecule has 23 heavy (non-hydrogen) atoms. The fraction of sp³-hybridized carbons (Fsp3) is 0.400. The van der Waals surface area contributed by atoms with Crippen LogP contribution in [0.15, 0.2) is 48.5 Å². The van der Waals surface area contributed by atoms with Crippen LogP contribution in [0.3, 0.4) is 0 Å². The van der Waals surface area contributed by atoms with E-state index in [-0.39, 0.29) is 0 Å². The monoisotopic (exact) mass is 328 g/mol. The molecule has 2 aromatic carbocycles. The SMILES string of the molecule is CCN1CCC(NCc2ccc(-c3ccc(Cl)cc3)cc2)CC1. The van der Waals surface area contributed by atoms with E-state index in [1.54, 1.807) is 0 Å². The molecule has 0 radical (unpaired) electrons. The normalized spacial score (nSPS) is 16.6. The first-order valence-corrected chi connectivity index (χ1v) is 8.93. The fourth-order valence-corrected chi connectivity index (χ4v) is 3.30. The van der Waals surface area contributed by atoms with Gasteiger partial charge in [-0.2, -0.15) is 0 Å². The number of piperidine rings is 1. The van der Waals surface area contributed by atoms with Gasteiger partial charge >= 0.3 is 0 Å². The number of rotatable bonds is 5. The number of benzene rings is 2. The van der Waals surface area contributed by atoms with Crippen molar-refractivity contribution in [2.24, 2.45) is 0 Å². The van der Waals surface area contributed by atoms with Crippen LogP contribution in [0.5, 0.6) is 0 Å². The first kappa shape index (κ1) is 16.5. The lowest BCUT2D eigenvalue weighted by Gasteiger charge is -2.31. The highest BCUT2D eigenvalue weighted by molar-refractivity contribution is 6.30. The summed E-state index contributed by atoms with van der Waals surface area (Å²) in [5.74, 6) is 0. The highest BCUT2D eigenvalue weighted by Gasteiger charge is 2.17. The van der Waals surface area contributed by atoms with E-state index in [0.717, 1.165) is 11.6 Å². The van der Waals surface area contributed by atoms with Crippen molar-refractivity contribution in [3.63, 3.8) is 0 Å². The quantitative estimate of drug-likeness (QED) is 0.864. The third-order valence-electron chi connectivity index (χ3n) is 4.76. The van der Waals surface area contributed by atoms with Crippen molar-refractivity contribution in [1.29, 1.82) is 0 Å². The Labute approximate surface area is 144 Å². The first-order valence-electron chi connectivity index (χ1n) is 8.55. The van der Waals surface area contributed by atoms with Gasteiger partial charge in [0.15, 0.2) is 0 Å². The Hall–Kier alpha value is -1.35. The van der Waals surface area contributed by atoms with E-state index in [1.165, 1.54) is 49.2 Å². The summed E-state index contributed by atoms with van der Waals surface area (Å²) >= 11 is 5.95. The largest absolute Gasteiger partial charge is 0.310 e. The molecule has 1 heterocycles. The van der Waals surface area contributed by atoms with Gasteiger partial charge in [0.05, 0.1) is 0 Å².